The first kappa shape index (κ1) is 16.3. The van der Waals surface area contributed by atoms with E-state index in [1.54, 1.807) is 5.56 Å². The number of nitrogens with one attached hydrogen (secondary N) is 2. The fourth-order valence-electron chi connectivity index (χ4n) is 4.14. The third-order valence-electron chi connectivity index (χ3n) is 5.45. The zero-order valence-corrected chi connectivity index (χ0v) is 14.8. The van der Waals surface area contributed by atoms with Crippen molar-refractivity contribution in [3.63, 3.8) is 0 Å². The maximum atomic E-state index is 6.06. The van der Waals surface area contributed by atoms with E-state index in [0.717, 1.165) is 65.3 Å². The summed E-state index contributed by atoms with van der Waals surface area (Å²) in [5, 5.41) is 6.90. The highest BCUT2D eigenvalue weighted by molar-refractivity contribution is 5.52. The Morgan fingerprint density at radius 2 is 1.96 bits per heavy atom. The molecule has 3 heterocycles. The molecule has 0 radical (unpaired) electrons. The Hall–Kier alpha value is -1.14. The van der Waals surface area contributed by atoms with Gasteiger partial charge in [-0.1, -0.05) is 6.07 Å². The van der Waals surface area contributed by atoms with Gasteiger partial charge in [0.25, 0.3) is 0 Å². The lowest BCUT2D eigenvalue weighted by Gasteiger charge is -2.36. The number of benzene rings is 1. The van der Waals surface area contributed by atoms with Crippen molar-refractivity contribution in [1.29, 1.82) is 0 Å². The van der Waals surface area contributed by atoms with Crippen LogP contribution in [0.15, 0.2) is 18.2 Å². The van der Waals surface area contributed by atoms with Crippen LogP contribution in [0.25, 0.3) is 0 Å². The lowest BCUT2D eigenvalue weighted by Crippen LogP contribution is -2.49. The molecular formula is C19H30N4O. The Labute approximate surface area is 145 Å². The molecule has 24 heavy (non-hydrogen) atoms. The summed E-state index contributed by atoms with van der Waals surface area (Å²) in [5.74, 6) is 0. The smallest absolute Gasteiger partial charge is 0.0830 e. The quantitative estimate of drug-likeness (QED) is 0.859. The molecule has 5 heteroatoms. The molecular weight excluding hydrogens is 300 g/mol. The first-order chi connectivity index (χ1) is 11.8. The van der Waals surface area contributed by atoms with Crippen LogP contribution < -0.4 is 15.5 Å². The maximum Gasteiger partial charge on any atom is 0.0830 e. The van der Waals surface area contributed by atoms with Gasteiger partial charge >= 0.3 is 0 Å². The summed E-state index contributed by atoms with van der Waals surface area (Å²) < 4.78 is 6.06. The highest BCUT2D eigenvalue weighted by Gasteiger charge is 2.24. The SMILES string of the molecule is CC1CNCC(CN2CCc3cc(N4CCNCC4)ccc3C2)O1. The topological polar surface area (TPSA) is 39.8 Å². The number of rotatable bonds is 3. The van der Waals surface area contributed by atoms with Gasteiger partial charge in [0.05, 0.1) is 12.2 Å². The lowest BCUT2D eigenvalue weighted by molar-refractivity contribution is -0.0440. The summed E-state index contributed by atoms with van der Waals surface area (Å²) in [5.41, 5.74) is 4.44. The van der Waals surface area contributed by atoms with Crippen LogP contribution in [0.1, 0.15) is 18.1 Å². The maximum absolute atomic E-state index is 6.06. The second-order valence-electron chi connectivity index (χ2n) is 7.40. The molecule has 5 nitrogen and oxygen atoms in total. The van der Waals surface area contributed by atoms with E-state index in [0.29, 0.717) is 12.2 Å². The molecule has 3 aliphatic heterocycles. The molecule has 132 valence electrons. The molecule has 0 amide bonds. The molecule has 0 saturated carbocycles. The van der Waals surface area contributed by atoms with Gasteiger partial charge in [0.1, 0.15) is 0 Å². The predicted octanol–water partition coefficient (Wildman–Crippen LogP) is 0.831. The molecule has 2 N–H and O–H groups in total. The fourth-order valence-corrected chi connectivity index (χ4v) is 4.14. The highest BCUT2D eigenvalue weighted by Crippen LogP contribution is 2.25. The van der Waals surface area contributed by atoms with E-state index in [2.05, 4.69) is 45.6 Å². The van der Waals surface area contributed by atoms with Gasteiger partial charge in [-0.2, -0.15) is 0 Å². The zero-order valence-electron chi connectivity index (χ0n) is 14.8. The van der Waals surface area contributed by atoms with Gasteiger partial charge in [-0.25, -0.2) is 0 Å². The Morgan fingerprint density at radius 1 is 1.08 bits per heavy atom. The van der Waals surface area contributed by atoms with Crippen LogP contribution in [0.4, 0.5) is 5.69 Å². The molecule has 4 rings (SSSR count). The molecule has 0 aromatic heterocycles. The van der Waals surface area contributed by atoms with Crippen molar-refractivity contribution in [2.45, 2.75) is 32.1 Å². The van der Waals surface area contributed by atoms with Crippen molar-refractivity contribution in [2.24, 2.45) is 0 Å². The molecule has 2 atom stereocenters. The number of nitrogens with zero attached hydrogens (tertiary/aromatic N) is 2. The lowest BCUT2D eigenvalue weighted by atomic mass is 9.98. The van der Waals surface area contributed by atoms with Crippen LogP contribution >= 0.6 is 0 Å². The average Bonchev–Trinajstić information content (AvgIpc) is 2.62. The van der Waals surface area contributed by atoms with Gasteiger partial charge in [0.2, 0.25) is 0 Å². The number of anilines is 1. The summed E-state index contributed by atoms with van der Waals surface area (Å²) in [6.45, 7) is 11.8. The predicted molar refractivity (Wildman–Crippen MR) is 97.7 cm³/mol. The van der Waals surface area contributed by atoms with Gasteiger partial charge in [-0.15, -0.1) is 0 Å². The fraction of sp³-hybridized carbons (Fsp3) is 0.684. The minimum absolute atomic E-state index is 0.329. The van der Waals surface area contributed by atoms with E-state index in [1.165, 1.54) is 11.3 Å². The summed E-state index contributed by atoms with van der Waals surface area (Å²) in [6.07, 6.45) is 1.82. The Bertz CT molecular complexity index is 558. The normalized spacial score (nSPS) is 28.6. The van der Waals surface area contributed by atoms with Crippen molar-refractivity contribution in [3.8, 4) is 0 Å². The first-order valence-corrected chi connectivity index (χ1v) is 9.44. The van der Waals surface area contributed by atoms with Gasteiger partial charge in [-0.05, 0) is 36.6 Å². The minimum atomic E-state index is 0.329. The third kappa shape index (κ3) is 3.75. The van der Waals surface area contributed by atoms with Crippen molar-refractivity contribution in [1.82, 2.24) is 15.5 Å². The summed E-state index contributed by atoms with van der Waals surface area (Å²) >= 11 is 0. The van der Waals surface area contributed by atoms with Gasteiger partial charge in [0.15, 0.2) is 0 Å². The summed E-state index contributed by atoms with van der Waals surface area (Å²) in [7, 11) is 0. The number of hydrogen-bond donors (Lipinski definition) is 2. The standard InChI is InChI=1S/C19H30N4O/c1-15-11-21-12-19(24-15)14-22-7-4-16-10-18(3-2-17(16)13-22)23-8-5-20-6-9-23/h2-3,10,15,19-21H,4-9,11-14H2,1H3. The van der Waals surface area contributed by atoms with Crippen LogP contribution in [-0.2, 0) is 17.7 Å². The Kier molecular flexibility index (Phi) is 5.03. The second kappa shape index (κ2) is 7.40. The highest BCUT2D eigenvalue weighted by atomic mass is 16.5. The summed E-state index contributed by atoms with van der Waals surface area (Å²) in [6, 6.07) is 7.09. The number of fused-ring (bicyclic) bond motifs is 1. The Morgan fingerprint density at radius 3 is 2.79 bits per heavy atom. The van der Waals surface area contributed by atoms with Crippen LogP contribution in [0.3, 0.4) is 0 Å². The van der Waals surface area contributed by atoms with Crippen molar-refractivity contribution in [3.05, 3.63) is 29.3 Å². The van der Waals surface area contributed by atoms with Crippen molar-refractivity contribution >= 4 is 5.69 Å². The molecule has 2 fully saturated rings. The molecule has 2 saturated heterocycles. The van der Waals surface area contributed by atoms with Crippen LogP contribution in [0.2, 0.25) is 0 Å². The van der Waals surface area contributed by atoms with Crippen LogP contribution in [0.5, 0.6) is 0 Å². The molecule has 1 aromatic rings. The van der Waals surface area contributed by atoms with Crippen LogP contribution in [0, 0.1) is 0 Å². The third-order valence-corrected chi connectivity index (χ3v) is 5.45. The number of piperazine rings is 1. The van der Waals surface area contributed by atoms with Gasteiger partial charge in [0, 0.05) is 64.6 Å². The van der Waals surface area contributed by atoms with E-state index in [4.69, 9.17) is 4.74 Å². The molecule has 3 aliphatic rings. The molecule has 2 unspecified atom stereocenters. The largest absolute Gasteiger partial charge is 0.371 e. The van der Waals surface area contributed by atoms with Gasteiger partial charge < -0.3 is 20.3 Å². The Balaban J connectivity index is 1.38. The summed E-state index contributed by atoms with van der Waals surface area (Å²) in [4.78, 5) is 5.06. The van der Waals surface area contributed by atoms with E-state index in [1.807, 2.05) is 0 Å². The van der Waals surface area contributed by atoms with Gasteiger partial charge in [-0.3, -0.25) is 4.90 Å². The average molecular weight is 330 g/mol. The minimum Gasteiger partial charge on any atom is -0.371 e. The monoisotopic (exact) mass is 330 g/mol. The number of morpholine rings is 1. The molecule has 0 aliphatic carbocycles. The first-order valence-electron chi connectivity index (χ1n) is 9.44. The van der Waals surface area contributed by atoms with E-state index in [9.17, 15) is 0 Å². The number of hydrogen-bond acceptors (Lipinski definition) is 5. The molecule has 0 bridgehead atoms. The van der Waals surface area contributed by atoms with Crippen LogP contribution in [-0.4, -0.2) is 69.5 Å². The zero-order chi connectivity index (χ0) is 16.4. The van der Waals surface area contributed by atoms with Crippen molar-refractivity contribution < 1.29 is 4.74 Å². The van der Waals surface area contributed by atoms with E-state index < -0.39 is 0 Å². The second-order valence-corrected chi connectivity index (χ2v) is 7.40. The molecule has 0 spiro atoms. The number of ether oxygens (including phenoxy) is 1. The molecule has 1 aromatic carbocycles. The van der Waals surface area contributed by atoms with E-state index >= 15 is 0 Å². The van der Waals surface area contributed by atoms with E-state index in [-0.39, 0.29) is 0 Å². The van der Waals surface area contributed by atoms with Crippen molar-refractivity contribution in [2.75, 3.05) is 57.3 Å².